The van der Waals surface area contributed by atoms with E-state index < -0.39 is 0 Å². The molecule has 0 amide bonds. The van der Waals surface area contributed by atoms with Crippen LogP contribution in [0.1, 0.15) is 41.8 Å². The lowest BCUT2D eigenvalue weighted by molar-refractivity contribution is 0.564. The Kier molecular flexibility index (Phi) is 7.74. The Labute approximate surface area is 213 Å². The van der Waals surface area contributed by atoms with Crippen LogP contribution in [0.4, 0.5) is 11.4 Å². The van der Waals surface area contributed by atoms with Crippen LogP contribution >= 0.6 is 0 Å². The summed E-state index contributed by atoms with van der Waals surface area (Å²) in [5, 5.41) is 8.47. The van der Waals surface area contributed by atoms with Crippen LogP contribution in [0.15, 0.2) is 103 Å². The first-order valence-electron chi connectivity index (χ1n) is 12.9. The van der Waals surface area contributed by atoms with Gasteiger partial charge in [-0.1, -0.05) is 60.7 Å². The van der Waals surface area contributed by atoms with E-state index in [1.807, 2.05) is 12.3 Å². The van der Waals surface area contributed by atoms with Gasteiger partial charge < -0.3 is 15.6 Å². The number of aryl methyl sites for hydroxylation is 2. The third kappa shape index (κ3) is 6.21. The predicted molar refractivity (Wildman–Crippen MR) is 151 cm³/mol. The van der Waals surface area contributed by atoms with Crippen molar-refractivity contribution in [2.75, 3.05) is 11.9 Å². The lowest BCUT2D eigenvalue weighted by atomic mass is 10.0. The predicted octanol–water partition coefficient (Wildman–Crippen LogP) is 7.38. The molecule has 0 aliphatic carbocycles. The van der Waals surface area contributed by atoms with E-state index in [1.165, 1.54) is 27.6 Å². The first kappa shape index (κ1) is 23.8. The van der Waals surface area contributed by atoms with Crippen molar-refractivity contribution in [1.29, 1.82) is 0 Å². The maximum atomic E-state index is 4.59. The highest BCUT2D eigenvalue weighted by molar-refractivity contribution is 5.83. The van der Waals surface area contributed by atoms with E-state index >= 15 is 0 Å². The average molecular weight is 475 g/mol. The van der Waals surface area contributed by atoms with Crippen LogP contribution in [0.2, 0.25) is 0 Å². The first-order valence-corrected chi connectivity index (χ1v) is 12.9. The molecule has 1 unspecified atom stereocenters. The summed E-state index contributed by atoms with van der Waals surface area (Å²) in [6.07, 6.45) is 8.34. The molecular formula is C32H34N4. The van der Waals surface area contributed by atoms with Crippen LogP contribution in [-0.2, 0) is 19.3 Å². The van der Waals surface area contributed by atoms with Gasteiger partial charge in [-0.05, 0) is 86.2 Å². The van der Waals surface area contributed by atoms with Crippen molar-refractivity contribution < 1.29 is 0 Å². The molecular weight excluding hydrogens is 440 g/mol. The van der Waals surface area contributed by atoms with Crippen molar-refractivity contribution in [2.45, 2.75) is 38.6 Å². The van der Waals surface area contributed by atoms with Crippen LogP contribution in [-0.4, -0.2) is 16.5 Å². The highest BCUT2D eigenvalue weighted by atomic mass is 14.9. The summed E-state index contributed by atoms with van der Waals surface area (Å²) in [4.78, 5) is 7.97. The molecule has 4 heteroatoms. The van der Waals surface area contributed by atoms with E-state index in [0.717, 1.165) is 49.3 Å². The minimum atomic E-state index is 0.190. The SMILES string of the molecule is CC(NCCc1ccccc1)c1cc(Nc2ccc(CCCc3c[nH]c4ccccc34)cc2)ccn1. The van der Waals surface area contributed by atoms with Gasteiger partial charge in [-0.15, -0.1) is 0 Å². The van der Waals surface area contributed by atoms with Crippen molar-refractivity contribution in [3.63, 3.8) is 0 Å². The third-order valence-electron chi connectivity index (χ3n) is 6.76. The van der Waals surface area contributed by atoms with Crippen LogP contribution in [0.3, 0.4) is 0 Å². The highest BCUT2D eigenvalue weighted by Crippen LogP contribution is 2.22. The molecule has 1 atom stereocenters. The Morgan fingerprint density at radius 2 is 1.56 bits per heavy atom. The summed E-state index contributed by atoms with van der Waals surface area (Å²) in [7, 11) is 0. The first-order chi connectivity index (χ1) is 17.7. The largest absolute Gasteiger partial charge is 0.361 e. The number of anilines is 2. The number of benzene rings is 3. The third-order valence-corrected chi connectivity index (χ3v) is 6.76. The van der Waals surface area contributed by atoms with Gasteiger partial charge in [-0.3, -0.25) is 4.98 Å². The molecule has 0 aliphatic rings. The van der Waals surface area contributed by atoms with Gasteiger partial charge in [0.2, 0.25) is 0 Å². The van der Waals surface area contributed by atoms with E-state index in [4.69, 9.17) is 0 Å². The van der Waals surface area contributed by atoms with Crippen molar-refractivity contribution in [3.8, 4) is 0 Å². The molecule has 5 aromatic rings. The molecule has 5 rings (SSSR count). The summed E-state index contributed by atoms with van der Waals surface area (Å²) in [5.74, 6) is 0. The van der Waals surface area contributed by atoms with Gasteiger partial charge in [0.25, 0.3) is 0 Å². The number of para-hydroxylation sites is 1. The Bertz CT molecular complexity index is 1370. The molecule has 36 heavy (non-hydrogen) atoms. The minimum Gasteiger partial charge on any atom is -0.361 e. The second-order valence-corrected chi connectivity index (χ2v) is 9.42. The van der Waals surface area contributed by atoms with Crippen LogP contribution < -0.4 is 10.6 Å². The summed E-state index contributed by atoms with van der Waals surface area (Å²) in [6.45, 7) is 3.09. The van der Waals surface area contributed by atoms with Crippen LogP contribution in [0.25, 0.3) is 10.9 Å². The normalized spacial score (nSPS) is 12.0. The van der Waals surface area contributed by atoms with E-state index in [9.17, 15) is 0 Å². The number of hydrogen-bond donors (Lipinski definition) is 3. The molecule has 0 saturated heterocycles. The zero-order chi connectivity index (χ0) is 24.6. The van der Waals surface area contributed by atoms with E-state index in [0.29, 0.717) is 0 Å². The zero-order valence-electron chi connectivity index (χ0n) is 20.9. The molecule has 182 valence electrons. The fourth-order valence-corrected chi connectivity index (χ4v) is 4.69. The summed E-state index contributed by atoms with van der Waals surface area (Å²) >= 11 is 0. The second-order valence-electron chi connectivity index (χ2n) is 9.42. The van der Waals surface area contributed by atoms with Gasteiger partial charge in [0.15, 0.2) is 0 Å². The zero-order valence-corrected chi connectivity index (χ0v) is 20.9. The number of pyridine rings is 1. The summed E-state index contributed by atoms with van der Waals surface area (Å²) in [6, 6.07) is 32.3. The van der Waals surface area contributed by atoms with E-state index in [2.05, 4.69) is 119 Å². The van der Waals surface area contributed by atoms with Crippen LogP contribution in [0.5, 0.6) is 0 Å². The molecule has 2 aromatic heterocycles. The molecule has 0 bridgehead atoms. The van der Waals surface area contributed by atoms with E-state index in [1.54, 1.807) is 0 Å². The number of rotatable bonds is 11. The molecule has 3 aromatic carbocycles. The number of H-pyrrole nitrogens is 1. The molecule has 0 aliphatic heterocycles. The standard InChI is InChI=1S/C32H34N4/c1-24(33-20-18-25-8-3-2-4-9-25)32-22-29(19-21-34-32)36-28-16-14-26(15-17-28)10-7-11-27-23-35-31-13-6-5-12-30(27)31/h2-6,8-9,12-17,19,21-24,33,35H,7,10-11,18,20H2,1H3,(H,34,36). The molecule has 3 N–H and O–H groups in total. The van der Waals surface area contributed by atoms with Crippen molar-refractivity contribution in [2.24, 2.45) is 0 Å². The van der Waals surface area contributed by atoms with Gasteiger partial charge >= 0.3 is 0 Å². The quantitative estimate of drug-likeness (QED) is 0.187. The average Bonchev–Trinajstić information content (AvgIpc) is 3.33. The summed E-state index contributed by atoms with van der Waals surface area (Å²) in [5.41, 5.74) is 8.54. The fraction of sp³-hybridized carbons (Fsp3) is 0.219. The van der Waals surface area contributed by atoms with Crippen molar-refractivity contribution in [3.05, 3.63) is 126 Å². The molecule has 2 heterocycles. The lowest BCUT2D eigenvalue weighted by Crippen LogP contribution is -2.22. The molecule has 4 nitrogen and oxygen atoms in total. The van der Waals surface area contributed by atoms with Crippen LogP contribution in [0, 0.1) is 0 Å². The number of aromatic amines is 1. The smallest absolute Gasteiger partial charge is 0.0590 e. The second kappa shape index (κ2) is 11.7. The number of nitrogens with zero attached hydrogens (tertiary/aromatic N) is 1. The Morgan fingerprint density at radius 1 is 0.778 bits per heavy atom. The topological polar surface area (TPSA) is 52.7 Å². The lowest BCUT2D eigenvalue weighted by Gasteiger charge is -2.15. The van der Waals surface area contributed by atoms with Gasteiger partial charge in [0.05, 0.1) is 5.69 Å². The van der Waals surface area contributed by atoms with Gasteiger partial charge in [-0.25, -0.2) is 0 Å². The van der Waals surface area contributed by atoms with Crippen molar-refractivity contribution in [1.82, 2.24) is 15.3 Å². The Hall–Kier alpha value is -3.89. The molecule has 0 radical (unpaired) electrons. The maximum Gasteiger partial charge on any atom is 0.0590 e. The van der Waals surface area contributed by atoms with Gasteiger partial charge in [-0.2, -0.15) is 0 Å². The maximum absolute atomic E-state index is 4.59. The number of aromatic nitrogens is 2. The number of hydrogen-bond acceptors (Lipinski definition) is 3. The minimum absolute atomic E-state index is 0.190. The molecule has 0 saturated carbocycles. The van der Waals surface area contributed by atoms with Gasteiger partial charge in [0.1, 0.15) is 0 Å². The molecule has 0 spiro atoms. The fourth-order valence-electron chi connectivity index (χ4n) is 4.69. The van der Waals surface area contributed by atoms with Gasteiger partial charge in [0, 0.05) is 40.7 Å². The monoisotopic (exact) mass is 474 g/mol. The van der Waals surface area contributed by atoms with E-state index in [-0.39, 0.29) is 6.04 Å². The Morgan fingerprint density at radius 3 is 2.42 bits per heavy atom. The Balaban J connectivity index is 1.11. The number of fused-ring (bicyclic) bond motifs is 1. The molecule has 0 fully saturated rings. The summed E-state index contributed by atoms with van der Waals surface area (Å²) < 4.78 is 0. The number of nitrogens with one attached hydrogen (secondary N) is 3. The van der Waals surface area contributed by atoms with Crippen molar-refractivity contribution >= 4 is 22.3 Å². The highest BCUT2D eigenvalue weighted by Gasteiger charge is 2.08.